The Kier molecular flexibility index (Phi) is 3.66. The number of fused-ring (bicyclic) bond motifs is 2. The van der Waals surface area contributed by atoms with Crippen LogP contribution in [0.25, 0.3) is 16.5 Å². The van der Waals surface area contributed by atoms with Crippen LogP contribution in [0, 0.1) is 0 Å². The second-order valence-electron chi connectivity index (χ2n) is 7.26. The molecule has 1 aliphatic heterocycles. The average molecular weight is 346 g/mol. The van der Waals surface area contributed by atoms with E-state index in [0.29, 0.717) is 6.54 Å². The van der Waals surface area contributed by atoms with Gasteiger partial charge in [-0.2, -0.15) is 5.10 Å². The van der Waals surface area contributed by atoms with Crippen molar-refractivity contribution in [2.75, 3.05) is 13.1 Å². The molecule has 132 valence electrons. The quantitative estimate of drug-likeness (QED) is 0.744. The molecule has 2 aliphatic rings. The SMILES string of the molecule is O=C(C1CCCc2[nH]ncc21)N1CC=C(c2c[nH]c3ccccc23)CC1. The number of aromatic nitrogens is 3. The number of aryl methyl sites for hydroxylation is 1. The number of nitrogens with zero attached hydrogens (tertiary/aromatic N) is 2. The maximum Gasteiger partial charge on any atom is 0.230 e. The molecule has 0 radical (unpaired) electrons. The lowest BCUT2D eigenvalue weighted by Gasteiger charge is -2.31. The third-order valence-corrected chi connectivity index (χ3v) is 5.80. The minimum absolute atomic E-state index is 0.0273. The number of nitrogens with one attached hydrogen (secondary N) is 2. The fraction of sp³-hybridized carbons (Fsp3) is 0.333. The van der Waals surface area contributed by atoms with E-state index in [0.717, 1.165) is 49.0 Å². The van der Waals surface area contributed by atoms with E-state index in [9.17, 15) is 4.79 Å². The number of amides is 1. The Morgan fingerprint density at radius 2 is 2.15 bits per heavy atom. The summed E-state index contributed by atoms with van der Waals surface area (Å²) in [7, 11) is 0. The molecule has 2 aromatic heterocycles. The predicted octanol–water partition coefficient (Wildman–Crippen LogP) is 3.63. The summed E-state index contributed by atoms with van der Waals surface area (Å²) in [5.74, 6) is 0.224. The molecular weight excluding hydrogens is 324 g/mol. The van der Waals surface area contributed by atoms with Gasteiger partial charge in [0, 0.05) is 47.0 Å². The highest BCUT2D eigenvalue weighted by atomic mass is 16.2. The molecule has 5 nitrogen and oxygen atoms in total. The Balaban J connectivity index is 1.36. The number of aromatic amines is 2. The number of H-pyrrole nitrogens is 2. The van der Waals surface area contributed by atoms with Gasteiger partial charge in [0.2, 0.25) is 5.91 Å². The Morgan fingerprint density at radius 3 is 3.04 bits per heavy atom. The second kappa shape index (κ2) is 6.16. The van der Waals surface area contributed by atoms with Gasteiger partial charge in [-0.15, -0.1) is 0 Å². The van der Waals surface area contributed by atoms with Crippen molar-refractivity contribution < 1.29 is 4.79 Å². The van der Waals surface area contributed by atoms with Crippen LogP contribution in [0.1, 0.15) is 42.0 Å². The molecule has 1 unspecified atom stereocenters. The number of rotatable bonds is 2. The third-order valence-electron chi connectivity index (χ3n) is 5.80. The van der Waals surface area contributed by atoms with Gasteiger partial charge in [-0.05, 0) is 37.3 Å². The zero-order chi connectivity index (χ0) is 17.5. The van der Waals surface area contributed by atoms with Crippen LogP contribution in [0.5, 0.6) is 0 Å². The Bertz CT molecular complexity index is 996. The van der Waals surface area contributed by atoms with Crippen LogP contribution < -0.4 is 0 Å². The highest BCUT2D eigenvalue weighted by Gasteiger charge is 2.31. The fourth-order valence-corrected chi connectivity index (χ4v) is 4.39. The first-order valence-electron chi connectivity index (χ1n) is 9.37. The lowest BCUT2D eigenvalue weighted by atomic mass is 9.85. The Hall–Kier alpha value is -2.82. The smallest absolute Gasteiger partial charge is 0.230 e. The van der Waals surface area contributed by atoms with Crippen molar-refractivity contribution in [2.24, 2.45) is 0 Å². The average Bonchev–Trinajstić information content (AvgIpc) is 3.34. The summed E-state index contributed by atoms with van der Waals surface area (Å²) >= 11 is 0. The number of carbonyl (C=O) groups is 1. The summed E-state index contributed by atoms with van der Waals surface area (Å²) in [4.78, 5) is 18.4. The van der Waals surface area contributed by atoms with Gasteiger partial charge in [0.1, 0.15) is 0 Å². The van der Waals surface area contributed by atoms with Crippen molar-refractivity contribution >= 4 is 22.4 Å². The number of benzene rings is 1. The first kappa shape index (κ1) is 15.4. The largest absolute Gasteiger partial charge is 0.361 e. The van der Waals surface area contributed by atoms with E-state index in [2.05, 4.69) is 45.7 Å². The molecule has 1 amide bonds. The summed E-state index contributed by atoms with van der Waals surface area (Å²) in [6.45, 7) is 1.48. The first-order chi connectivity index (χ1) is 12.8. The molecule has 0 saturated carbocycles. The van der Waals surface area contributed by atoms with Crippen molar-refractivity contribution in [3.8, 4) is 0 Å². The van der Waals surface area contributed by atoms with E-state index in [4.69, 9.17) is 0 Å². The van der Waals surface area contributed by atoms with Crippen LogP contribution in [0.2, 0.25) is 0 Å². The number of carbonyl (C=O) groups excluding carboxylic acids is 1. The predicted molar refractivity (Wildman–Crippen MR) is 102 cm³/mol. The summed E-state index contributed by atoms with van der Waals surface area (Å²) in [6.07, 6.45) is 10.0. The maximum atomic E-state index is 13.1. The van der Waals surface area contributed by atoms with Gasteiger partial charge in [-0.3, -0.25) is 9.89 Å². The molecule has 5 rings (SSSR count). The van der Waals surface area contributed by atoms with Crippen molar-refractivity contribution in [2.45, 2.75) is 31.6 Å². The molecule has 0 bridgehead atoms. The third kappa shape index (κ3) is 2.46. The molecule has 1 aromatic carbocycles. The summed E-state index contributed by atoms with van der Waals surface area (Å²) < 4.78 is 0. The normalized spacial score (nSPS) is 20.1. The van der Waals surface area contributed by atoms with Gasteiger partial charge in [-0.25, -0.2) is 0 Å². The van der Waals surface area contributed by atoms with Crippen molar-refractivity contribution in [3.05, 3.63) is 59.6 Å². The molecule has 0 saturated heterocycles. The number of hydrogen-bond donors (Lipinski definition) is 2. The van der Waals surface area contributed by atoms with Crippen molar-refractivity contribution in [1.82, 2.24) is 20.1 Å². The van der Waals surface area contributed by atoms with Crippen molar-refractivity contribution in [1.29, 1.82) is 0 Å². The topological polar surface area (TPSA) is 64.8 Å². The molecular formula is C21H22N4O. The minimum atomic E-state index is -0.0273. The lowest BCUT2D eigenvalue weighted by Crippen LogP contribution is -2.38. The molecule has 0 spiro atoms. The van der Waals surface area contributed by atoms with Crippen LogP contribution in [0.15, 0.2) is 42.7 Å². The van der Waals surface area contributed by atoms with Gasteiger partial charge in [0.25, 0.3) is 0 Å². The number of para-hydroxylation sites is 1. The zero-order valence-electron chi connectivity index (χ0n) is 14.7. The maximum absolute atomic E-state index is 13.1. The van der Waals surface area contributed by atoms with E-state index in [1.807, 2.05) is 17.2 Å². The van der Waals surface area contributed by atoms with Crippen LogP contribution in [-0.4, -0.2) is 39.1 Å². The van der Waals surface area contributed by atoms with Gasteiger partial charge < -0.3 is 9.88 Å². The molecule has 3 aromatic rings. The van der Waals surface area contributed by atoms with Gasteiger partial charge in [0.05, 0.1) is 12.1 Å². The molecule has 1 aliphatic carbocycles. The van der Waals surface area contributed by atoms with Gasteiger partial charge in [-0.1, -0.05) is 24.3 Å². The Morgan fingerprint density at radius 1 is 1.23 bits per heavy atom. The van der Waals surface area contributed by atoms with Crippen molar-refractivity contribution in [3.63, 3.8) is 0 Å². The zero-order valence-corrected chi connectivity index (χ0v) is 14.7. The highest BCUT2D eigenvalue weighted by molar-refractivity contribution is 5.93. The monoisotopic (exact) mass is 346 g/mol. The van der Waals surface area contributed by atoms with Crippen LogP contribution in [-0.2, 0) is 11.2 Å². The first-order valence-corrected chi connectivity index (χ1v) is 9.37. The Labute approximate surface area is 152 Å². The standard InChI is InChI=1S/C21H22N4O/c26-21(16-5-3-7-20-18(16)13-23-24-20)25-10-8-14(9-11-25)17-12-22-19-6-2-1-4-15(17)19/h1-2,4,6,8,12-13,16,22H,3,5,7,9-11H2,(H,23,24). The van der Waals surface area contributed by atoms with Crippen LogP contribution in [0.3, 0.4) is 0 Å². The molecule has 2 N–H and O–H groups in total. The van der Waals surface area contributed by atoms with E-state index >= 15 is 0 Å². The molecule has 26 heavy (non-hydrogen) atoms. The minimum Gasteiger partial charge on any atom is -0.361 e. The molecule has 0 fully saturated rings. The van der Waals surface area contributed by atoms with Crippen LogP contribution in [0.4, 0.5) is 0 Å². The molecule has 1 atom stereocenters. The molecule has 5 heteroatoms. The summed E-state index contributed by atoms with van der Waals surface area (Å²) in [5.41, 5.74) is 6.01. The fourth-order valence-electron chi connectivity index (χ4n) is 4.39. The van der Waals surface area contributed by atoms with E-state index in [1.165, 1.54) is 16.5 Å². The van der Waals surface area contributed by atoms with Gasteiger partial charge >= 0.3 is 0 Å². The summed E-state index contributed by atoms with van der Waals surface area (Å²) in [5, 5.41) is 8.46. The summed E-state index contributed by atoms with van der Waals surface area (Å²) in [6, 6.07) is 8.38. The molecule has 3 heterocycles. The lowest BCUT2D eigenvalue weighted by molar-refractivity contribution is -0.132. The van der Waals surface area contributed by atoms with E-state index < -0.39 is 0 Å². The van der Waals surface area contributed by atoms with Gasteiger partial charge in [0.15, 0.2) is 0 Å². The van der Waals surface area contributed by atoms with E-state index in [1.54, 1.807) is 0 Å². The highest BCUT2D eigenvalue weighted by Crippen LogP contribution is 2.34. The second-order valence-corrected chi connectivity index (χ2v) is 7.26. The van der Waals surface area contributed by atoms with E-state index in [-0.39, 0.29) is 11.8 Å². The number of hydrogen-bond acceptors (Lipinski definition) is 2. The van der Waals surface area contributed by atoms with Crippen LogP contribution >= 0.6 is 0 Å².